The maximum absolute atomic E-state index is 13.3. The third-order valence-electron chi connectivity index (χ3n) is 3.26. The predicted octanol–water partition coefficient (Wildman–Crippen LogP) is 2.96. The summed E-state index contributed by atoms with van der Waals surface area (Å²) in [5, 5.41) is 13.7. The van der Waals surface area contributed by atoms with Gasteiger partial charge in [0.2, 0.25) is 0 Å². The van der Waals surface area contributed by atoms with Crippen molar-refractivity contribution in [1.29, 1.82) is 0 Å². The van der Waals surface area contributed by atoms with Gasteiger partial charge in [-0.2, -0.15) is 0 Å². The first kappa shape index (κ1) is 15.4. The number of amides is 1. The number of oxazole rings is 1. The van der Waals surface area contributed by atoms with Gasteiger partial charge in [0.1, 0.15) is 5.82 Å². The van der Waals surface area contributed by atoms with Crippen LogP contribution in [0.25, 0.3) is 10.6 Å². The number of nitrogens with zero attached hydrogens (tertiary/aromatic N) is 1. The lowest BCUT2D eigenvalue weighted by Gasteiger charge is -2.06. The molecule has 1 aromatic carbocycles. The van der Waals surface area contributed by atoms with E-state index in [-0.39, 0.29) is 30.3 Å². The lowest BCUT2D eigenvalue weighted by atomic mass is 10.1. The molecular formula is C16H13FN2O3S. The lowest BCUT2D eigenvalue weighted by molar-refractivity contribution is 0.0947. The van der Waals surface area contributed by atoms with Crippen LogP contribution in [0.15, 0.2) is 46.5 Å². The van der Waals surface area contributed by atoms with E-state index in [1.807, 2.05) is 17.5 Å². The number of hydrogen-bond acceptors (Lipinski definition) is 5. The molecule has 0 bridgehead atoms. The van der Waals surface area contributed by atoms with E-state index in [2.05, 4.69) is 10.3 Å². The number of aliphatic hydroxyl groups is 1. The van der Waals surface area contributed by atoms with Crippen LogP contribution in [0.2, 0.25) is 0 Å². The first-order valence-electron chi connectivity index (χ1n) is 6.82. The fourth-order valence-electron chi connectivity index (χ4n) is 2.12. The molecule has 5 nitrogen and oxygen atoms in total. The molecule has 0 spiro atoms. The zero-order valence-electron chi connectivity index (χ0n) is 12.0. The molecule has 0 aliphatic heterocycles. The molecule has 0 aliphatic rings. The first-order valence-corrected chi connectivity index (χ1v) is 7.70. The van der Waals surface area contributed by atoms with Crippen molar-refractivity contribution in [1.82, 2.24) is 10.3 Å². The van der Waals surface area contributed by atoms with Crippen molar-refractivity contribution in [2.45, 2.75) is 13.2 Å². The predicted molar refractivity (Wildman–Crippen MR) is 83.3 cm³/mol. The lowest BCUT2D eigenvalue weighted by Crippen LogP contribution is -2.23. The summed E-state index contributed by atoms with van der Waals surface area (Å²) in [6, 6.07) is 8.03. The summed E-state index contributed by atoms with van der Waals surface area (Å²) < 4.78 is 18.6. The van der Waals surface area contributed by atoms with E-state index in [0.29, 0.717) is 11.3 Å². The Bertz CT molecular complexity index is 815. The Morgan fingerprint density at radius 3 is 3.00 bits per heavy atom. The second kappa shape index (κ2) is 6.72. The molecule has 0 atom stereocenters. The van der Waals surface area contributed by atoms with Crippen LogP contribution in [-0.4, -0.2) is 16.0 Å². The first-order chi connectivity index (χ1) is 11.2. The monoisotopic (exact) mass is 332 g/mol. The van der Waals surface area contributed by atoms with Gasteiger partial charge in [0.05, 0.1) is 11.5 Å². The maximum Gasteiger partial charge on any atom is 0.274 e. The molecule has 118 valence electrons. The molecule has 0 fully saturated rings. The van der Waals surface area contributed by atoms with Crippen molar-refractivity contribution >= 4 is 17.2 Å². The van der Waals surface area contributed by atoms with Crippen LogP contribution in [0, 0.1) is 5.82 Å². The summed E-state index contributed by atoms with van der Waals surface area (Å²) in [4.78, 5) is 17.0. The standard InChI is InChI=1S/C16H13FN2O3S/c17-12-4-3-10(6-11(12)8-20)7-18-16(21)14-15(22-9-19-14)13-2-1-5-23-13/h1-6,9,20H,7-8H2,(H,18,21). The van der Waals surface area contributed by atoms with E-state index in [0.717, 1.165) is 4.88 Å². The zero-order chi connectivity index (χ0) is 16.2. The molecule has 3 aromatic rings. The quantitative estimate of drug-likeness (QED) is 0.753. The molecule has 2 aromatic heterocycles. The van der Waals surface area contributed by atoms with Gasteiger partial charge in [-0.3, -0.25) is 4.79 Å². The van der Waals surface area contributed by atoms with Crippen molar-refractivity contribution < 1.29 is 18.7 Å². The third-order valence-corrected chi connectivity index (χ3v) is 4.13. The summed E-state index contributed by atoms with van der Waals surface area (Å²) in [6.45, 7) is -0.192. The zero-order valence-corrected chi connectivity index (χ0v) is 12.8. The number of carbonyl (C=O) groups excluding carboxylic acids is 1. The molecule has 7 heteroatoms. The smallest absolute Gasteiger partial charge is 0.274 e. The number of thiophene rings is 1. The van der Waals surface area contributed by atoms with Gasteiger partial charge < -0.3 is 14.8 Å². The van der Waals surface area contributed by atoms with E-state index < -0.39 is 5.82 Å². The molecular weight excluding hydrogens is 319 g/mol. The minimum atomic E-state index is -0.473. The number of benzene rings is 1. The fourth-order valence-corrected chi connectivity index (χ4v) is 2.83. The maximum atomic E-state index is 13.3. The Balaban J connectivity index is 1.72. The summed E-state index contributed by atoms with van der Waals surface area (Å²) in [5.41, 5.74) is 1.08. The van der Waals surface area contributed by atoms with Crippen molar-refractivity contribution in [2.75, 3.05) is 0 Å². The number of aromatic nitrogens is 1. The summed E-state index contributed by atoms with van der Waals surface area (Å²) >= 11 is 1.45. The highest BCUT2D eigenvalue weighted by molar-refractivity contribution is 7.13. The summed E-state index contributed by atoms with van der Waals surface area (Å²) in [7, 11) is 0. The van der Waals surface area contributed by atoms with Gasteiger partial charge in [-0.15, -0.1) is 11.3 Å². The Morgan fingerprint density at radius 2 is 2.26 bits per heavy atom. The molecule has 1 amide bonds. The minimum absolute atomic E-state index is 0.192. The van der Waals surface area contributed by atoms with Gasteiger partial charge in [-0.1, -0.05) is 12.1 Å². The van der Waals surface area contributed by atoms with Gasteiger partial charge in [0.25, 0.3) is 5.91 Å². The van der Waals surface area contributed by atoms with Crippen LogP contribution in [0.1, 0.15) is 21.6 Å². The molecule has 23 heavy (non-hydrogen) atoms. The largest absolute Gasteiger partial charge is 0.442 e. The van der Waals surface area contributed by atoms with Gasteiger partial charge in [-0.05, 0) is 29.1 Å². The highest BCUT2D eigenvalue weighted by Gasteiger charge is 2.18. The Morgan fingerprint density at radius 1 is 1.39 bits per heavy atom. The van der Waals surface area contributed by atoms with E-state index in [9.17, 15) is 9.18 Å². The Kier molecular flexibility index (Phi) is 4.50. The van der Waals surface area contributed by atoms with Gasteiger partial charge in [-0.25, -0.2) is 9.37 Å². The minimum Gasteiger partial charge on any atom is -0.442 e. The molecule has 0 radical (unpaired) electrons. The van der Waals surface area contributed by atoms with Crippen LogP contribution in [-0.2, 0) is 13.2 Å². The van der Waals surface area contributed by atoms with Crippen molar-refractivity contribution in [3.8, 4) is 10.6 Å². The number of nitrogens with one attached hydrogen (secondary N) is 1. The van der Waals surface area contributed by atoms with Gasteiger partial charge in [0.15, 0.2) is 17.8 Å². The van der Waals surface area contributed by atoms with Gasteiger partial charge in [0, 0.05) is 12.1 Å². The topological polar surface area (TPSA) is 75.4 Å². The molecule has 2 N–H and O–H groups in total. The molecule has 2 heterocycles. The van der Waals surface area contributed by atoms with E-state index in [1.165, 1.54) is 29.9 Å². The third kappa shape index (κ3) is 3.30. The van der Waals surface area contributed by atoms with Crippen LogP contribution in [0.3, 0.4) is 0 Å². The van der Waals surface area contributed by atoms with Gasteiger partial charge >= 0.3 is 0 Å². The normalized spacial score (nSPS) is 10.7. The number of rotatable bonds is 5. The van der Waals surface area contributed by atoms with E-state index in [4.69, 9.17) is 9.52 Å². The van der Waals surface area contributed by atoms with Crippen LogP contribution >= 0.6 is 11.3 Å². The van der Waals surface area contributed by atoms with E-state index >= 15 is 0 Å². The second-order valence-corrected chi connectivity index (χ2v) is 5.72. The number of halogens is 1. The Hall–Kier alpha value is -2.51. The fraction of sp³-hybridized carbons (Fsp3) is 0.125. The molecule has 0 saturated carbocycles. The summed E-state index contributed by atoms with van der Waals surface area (Å²) in [5.74, 6) is -0.427. The second-order valence-electron chi connectivity index (χ2n) is 4.77. The van der Waals surface area contributed by atoms with Crippen molar-refractivity contribution in [2.24, 2.45) is 0 Å². The number of carbonyl (C=O) groups is 1. The van der Waals surface area contributed by atoms with Crippen LogP contribution < -0.4 is 5.32 Å². The molecule has 0 unspecified atom stereocenters. The highest BCUT2D eigenvalue weighted by Crippen LogP contribution is 2.27. The molecule has 3 rings (SSSR count). The summed E-state index contributed by atoms with van der Waals surface area (Å²) in [6.07, 6.45) is 1.23. The van der Waals surface area contributed by atoms with Crippen LogP contribution in [0.4, 0.5) is 4.39 Å². The molecule has 0 saturated heterocycles. The van der Waals surface area contributed by atoms with Crippen molar-refractivity contribution in [3.05, 3.63) is 64.7 Å². The van der Waals surface area contributed by atoms with Crippen molar-refractivity contribution in [3.63, 3.8) is 0 Å². The number of aliphatic hydroxyl groups excluding tert-OH is 1. The van der Waals surface area contributed by atoms with Crippen LogP contribution in [0.5, 0.6) is 0 Å². The number of hydrogen-bond donors (Lipinski definition) is 2. The average molecular weight is 332 g/mol. The highest BCUT2D eigenvalue weighted by atomic mass is 32.1. The van der Waals surface area contributed by atoms with E-state index in [1.54, 1.807) is 6.07 Å². The Labute approximate surface area is 135 Å². The SMILES string of the molecule is O=C(NCc1ccc(F)c(CO)c1)c1ncoc1-c1cccs1. The molecule has 0 aliphatic carbocycles. The average Bonchev–Trinajstić information content (AvgIpc) is 3.24.